The molecule has 0 saturated heterocycles. The van der Waals surface area contributed by atoms with Gasteiger partial charge in [0.1, 0.15) is 0 Å². The predicted molar refractivity (Wildman–Crippen MR) is 44.4 cm³/mol. The first kappa shape index (κ1) is 9.00. The molecule has 1 atom stereocenters. The molecule has 66 valence electrons. The monoisotopic (exact) mass is 168 g/mol. The Morgan fingerprint density at radius 3 is 2.92 bits per heavy atom. The second kappa shape index (κ2) is 4.07. The Morgan fingerprint density at radius 2 is 2.42 bits per heavy atom. The van der Waals surface area contributed by atoms with Crippen molar-refractivity contribution in [1.29, 1.82) is 0 Å². The number of hydrogen-bond acceptors (Lipinski definition) is 3. The molecular weight excluding hydrogens is 156 g/mol. The molecule has 1 aliphatic heterocycles. The normalized spacial score (nSPS) is 21.9. The lowest BCUT2D eigenvalue weighted by Gasteiger charge is -2.18. The van der Waals surface area contributed by atoms with Gasteiger partial charge in [0.05, 0.1) is 6.61 Å². The van der Waals surface area contributed by atoms with Crippen LogP contribution in [0.3, 0.4) is 0 Å². The van der Waals surface area contributed by atoms with Crippen molar-refractivity contribution < 1.29 is 14.3 Å². The summed E-state index contributed by atoms with van der Waals surface area (Å²) in [6, 6.07) is 0. The summed E-state index contributed by atoms with van der Waals surface area (Å²) in [5.74, 6) is -0.393. The molecule has 0 amide bonds. The molecule has 0 radical (unpaired) electrons. The van der Waals surface area contributed by atoms with Crippen molar-refractivity contribution in [1.82, 2.24) is 0 Å². The number of hydrogen-bond donors (Lipinski definition) is 0. The molecule has 0 spiro atoms. The Labute approximate surface area is 71.7 Å². The van der Waals surface area contributed by atoms with Gasteiger partial charge in [-0.1, -0.05) is 18.7 Å². The van der Waals surface area contributed by atoms with Crippen LogP contribution in [0.15, 0.2) is 24.3 Å². The van der Waals surface area contributed by atoms with E-state index in [-0.39, 0.29) is 0 Å². The minimum Gasteiger partial charge on any atom is -0.432 e. The zero-order valence-corrected chi connectivity index (χ0v) is 7.08. The first-order chi connectivity index (χ1) is 5.70. The summed E-state index contributed by atoms with van der Waals surface area (Å²) >= 11 is 0. The van der Waals surface area contributed by atoms with Crippen molar-refractivity contribution >= 4 is 5.97 Å². The molecule has 0 bridgehead atoms. The molecule has 1 unspecified atom stereocenters. The van der Waals surface area contributed by atoms with Crippen molar-refractivity contribution in [2.24, 2.45) is 0 Å². The number of ether oxygens (including phenoxy) is 2. The summed E-state index contributed by atoms with van der Waals surface area (Å²) in [5, 5.41) is 0. The minimum atomic E-state index is -0.431. The average molecular weight is 168 g/mol. The largest absolute Gasteiger partial charge is 0.432 e. The van der Waals surface area contributed by atoms with Crippen LogP contribution in [0.4, 0.5) is 0 Å². The maximum Gasteiger partial charge on any atom is 0.335 e. The Balaban J connectivity index is 2.35. The van der Waals surface area contributed by atoms with Crippen LogP contribution in [-0.4, -0.2) is 18.9 Å². The van der Waals surface area contributed by atoms with Gasteiger partial charge in [-0.25, -0.2) is 4.79 Å². The Kier molecular flexibility index (Phi) is 3.05. The molecule has 0 aromatic carbocycles. The molecule has 1 aliphatic rings. The van der Waals surface area contributed by atoms with Crippen molar-refractivity contribution in [3.63, 3.8) is 0 Å². The molecule has 3 heteroatoms. The van der Waals surface area contributed by atoms with Crippen LogP contribution in [-0.2, 0) is 14.3 Å². The molecule has 0 aromatic heterocycles. The van der Waals surface area contributed by atoms with Crippen LogP contribution in [0.5, 0.6) is 0 Å². The van der Waals surface area contributed by atoms with E-state index in [0.29, 0.717) is 18.6 Å². The van der Waals surface area contributed by atoms with Crippen molar-refractivity contribution in [3.8, 4) is 0 Å². The summed E-state index contributed by atoms with van der Waals surface area (Å²) in [7, 11) is 0. The zero-order chi connectivity index (χ0) is 8.97. The van der Waals surface area contributed by atoms with E-state index in [2.05, 4.69) is 6.58 Å². The summed E-state index contributed by atoms with van der Waals surface area (Å²) < 4.78 is 10.1. The van der Waals surface area contributed by atoms with E-state index in [4.69, 9.17) is 9.47 Å². The fraction of sp³-hybridized carbons (Fsp3) is 0.444. The van der Waals surface area contributed by atoms with Gasteiger partial charge in [0.25, 0.3) is 0 Å². The second-order valence-electron chi connectivity index (χ2n) is 2.66. The van der Waals surface area contributed by atoms with E-state index in [9.17, 15) is 4.79 Å². The fourth-order valence-electron chi connectivity index (χ4n) is 0.808. The molecular formula is C9H12O3. The third kappa shape index (κ3) is 2.51. The van der Waals surface area contributed by atoms with E-state index in [0.717, 1.165) is 0 Å². The van der Waals surface area contributed by atoms with E-state index < -0.39 is 12.3 Å². The first-order valence-corrected chi connectivity index (χ1v) is 3.83. The topological polar surface area (TPSA) is 35.5 Å². The Bertz CT molecular complexity index is 218. The molecule has 0 aliphatic carbocycles. The van der Waals surface area contributed by atoms with Crippen LogP contribution in [0.1, 0.15) is 13.3 Å². The van der Waals surface area contributed by atoms with E-state index in [1.807, 2.05) is 12.2 Å². The van der Waals surface area contributed by atoms with Gasteiger partial charge in [0.15, 0.2) is 0 Å². The van der Waals surface area contributed by atoms with Crippen LogP contribution in [0.25, 0.3) is 0 Å². The van der Waals surface area contributed by atoms with Crippen LogP contribution < -0.4 is 0 Å². The van der Waals surface area contributed by atoms with Gasteiger partial charge in [0.2, 0.25) is 6.29 Å². The highest BCUT2D eigenvalue weighted by Gasteiger charge is 2.15. The summed E-state index contributed by atoms with van der Waals surface area (Å²) in [6.45, 7) is 5.59. The number of rotatable bonds is 2. The summed E-state index contributed by atoms with van der Waals surface area (Å²) in [5.41, 5.74) is 0.396. The molecule has 0 fully saturated rings. The summed E-state index contributed by atoms with van der Waals surface area (Å²) in [6.07, 6.45) is 4.02. The van der Waals surface area contributed by atoms with E-state index in [1.54, 1.807) is 6.92 Å². The fourth-order valence-corrected chi connectivity index (χ4v) is 0.808. The molecule has 12 heavy (non-hydrogen) atoms. The Hall–Kier alpha value is -1.09. The molecule has 1 heterocycles. The lowest BCUT2D eigenvalue weighted by molar-refractivity contribution is -0.172. The van der Waals surface area contributed by atoms with Crippen LogP contribution >= 0.6 is 0 Å². The van der Waals surface area contributed by atoms with Crippen LogP contribution in [0.2, 0.25) is 0 Å². The molecule has 0 N–H and O–H groups in total. The molecule has 0 aromatic rings. The third-order valence-corrected chi connectivity index (χ3v) is 1.46. The van der Waals surface area contributed by atoms with Crippen molar-refractivity contribution in [3.05, 3.63) is 24.3 Å². The zero-order valence-electron chi connectivity index (χ0n) is 7.08. The van der Waals surface area contributed by atoms with Gasteiger partial charge in [0, 0.05) is 12.0 Å². The van der Waals surface area contributed by atoms with E-state index in [1.165, 1.54) is 0 Å². The van der Waals surface area contributed by atoms with E-state index >= 15 is 0 Å². The van der Waals surface area contributed by atoms with Gasteiger partial charge in [-0.05, 0) is 6.92 Å². The maximum absolute atomic E-state index is 11.0. The summed E-state index contributed by atoms with van der Waals surface area (Å²) in [4.78, 5) is 11.0. The number of esters is 1. The quantitative estimate of drug-likeness (QED) is 0.355. The predicted octanol–water partition coefficient (Wildman–Crippen LogP) is 1.41. The first-order valence-electron chi connectivity index (χ1n) is 3.83. The van der Waals surface area contributed by atoms with Gasteiger partial charge in [-0.3, -0.25) is 0 Å². The van der Waals surface area contributed by atoms with Gasteiger partial charge >= 0.3 is 5.97 Å². The number of carbonyl (C=O) groups excluding carboxylic acids is 1. The van der Waals surface area contributed by atoms with Gasteiger partial charge in [-0.2, -0.15) is 0 Å². The second-order valence-corrected chi connectivity index (χ2v) is 2.66. The molecule has 1 rings (SSSR count). The smallest absolute Gasteiger partial charge is 0.335 e. The van der Waals surface area contributed by atoms with Crippen molar-refractivity contribution in [2.75, 3.05) is 6.61 Å². The standard InChI is InChI=1S/C9H12O3/c1-7(2)9(10)12-8-5-3-4-6-11-8/h3-4,8H,1,5-6H2,2H3. The van der Waals surface area contributed by atoms with Gasteiger partial charge in [-0.15, -0.1) is 0 Å². The minimum absolute atomic E-state index is 0.393. The lowest BCUT2D eigenvalue weighted by atomic mass is 10.3. The highest BCUT2D eigenvalue weighted by Crippen LogP contribution is 2.09. The number of carbonyl (C=O) groups is 1. The third-order valence-electron chi connectivity index (χ3n) is 1.46. The highest BCUT2D eigenvalue weighted by molar-refractivity contribution is 5.87. The van der Waals surface area contributed by atoms with Crippen LogP contribution in [0, 0.1) is 0 Å². The van der Waals surface area contributed by atoms with Crippen molar-refractivity contribution in [2.45, 2.75) is 19.6 Å². The highest BCUT2D eigenvalue weighted by atomic mass is 16.7. The maximum atomic E-state index is 11.0. The Morgan fingerprint density at radius 1 is 1.67 bits per heavy atom. The average Bonchev–Trinajstić information content (AvgIpc) is 2.06. The van der Waals surface area contributed by atoms with Gasteiger partial charge < -0.3 is 9.47 Å². The lowest BCUT2D eigenvalue weighted by Crippen LogP contribution is -2.23. The molecule has 0 saturated carbocycles. The SMILES string of the molecule is C=C(C)C(=O)OC1CC=CCO1. The molecule has 3 nitrogen and oxygen atoms in total.